The van der Waals surface area contributed by atoms with E-state index in [1.807, 2.05) is 0 Å². The lowest BCUT2D eigenvalue weighted by atomic mass is 9.93. The number of piperidine rings is 1. The lowest BCUT2D eigenvalue weighted by Gasteiger charge is -2.38. The van der Waals surface area contributed by atoms with Crippen LogP contribution in [0.5, 0.6) is 0 Å². The van der Waals surface area contributed by atoms with Crippen LogP contribution in [0.2, 0.25) is 0 Å². The molecule has 1 aromatic rings. The van der Waals surface area contributed by atoms with Gasteiger partial charge in [0.15, 0.2) is 0 Å². The number of benzene rings is 1. The first-order valence-corrected chi connectivity index (χ1v) is 7.59. The predicted molar refractivity (Wildman–Crippen MR) is 78.7 cm³/mol. The fourth-order valence-electron chi connectivity index (χ4n) is 3.72. The molecule has 1 aromatic carbocycles. The number of rotatable bonds is 3. The number of ketones is 1. The Kier molecular flexibility index (Phi) is 3.34. The molecule has 2 aliphatic rings. The molecular weight excluding hydrogens is 234 g/mol. The molecular formula is C17H23NO. The van der Waals surface area contributed by atoms with Gasteiger partial charge in [-0.3, -0.25) is 4.79 Å². The topological polar surface area (TPSA) is 20.3 Å². The zero-order chi connectivity index (χ0) is 13.4. The molecule has 0 radical (unpaired) electrons. The molecule has 2 fully saturated rings. The summed E-state index contributed by atoms with van der Waals surface area (Å²) < 4.78 is 0. The van der Waals surface area contributed by atoms with Crippen LogP contribution >= 0.6 is 0 Å². The first-order chi connectivity index (χ1) is 9.20. The normalized spacial score (nSPS) is 27.7. The van der Waals surface area contributed by atoms with Crippen LogP contribution < -0.4 is 4.90 Å². The zero-order valence-electron chi connectivity index (χ0n) is 11.9. The number of carbonyl (C=O) groups is 1. The van der Waals surface area contributed by atoms with Crippen molar-refractivity contribution in [3.8, 4) is 0 Å². The van der Waals surface area contributed by atoms with E-state index in [-0.39, 0.29) is 0 Å². The first-order valence-electron chi connectivity index (χ1n) is 7.59. The fourth-order valence-corrected chi connectivity index (χ4v) is 3.72. The van der Waals surface area contributed by atoms with Crippen molar-refractivity contribution in [2.24, 2.45) is 0 Å². The van der Waals surface area contributed by atoms with E-state index in [0.29, 0.717) is 23.8 Å². The molecule has 2 aliphatic heterocycles. The van der Waals surface area contributed by atoms with Crippen molar-refractivity contribution >= 4 is 11.5 Å². The summed E-state index contributed by atoms with van der Waals surface area (Å²) in [5.41, 5.74) is 2.84. The SMILES string of the molecule is CCC(C)c1ccccc1N1C2CCC1CC(=O)C2. The quantitative estimate of drug-likeness (QED) is 0.818. The van der Waals surface area contributed by atoms with Crippen LogP contribution in [0.4, 0.5) is 5.69 Å². The molecule has 2 heteroatoms. The summed E-state index contributed by atoms with van der Waals surface area (Å²) >= 11 is 0. The van der Waals surface area contributed by atoms with Gasteiger partial charge in [-0.1, -0.05) is 32.0 Å². The maximum Gasteiger partial charge on any atom is 0.137 e. The van der Waals surface area contributed by atoms with Gasteiger partial charge in [0, 0.05) is 30.6 Å². The van der Waals surface area contributed by atoms with Gasteiger partial charge in [0.25, 0.3) is 0 Å². The highest BCUT2D eigenvalue weighted by Gasteiger charge is 2.40. The highest BCUT2D eigenvalue weighted by molar-refractivity contribution is 5.83. The molecule has 102 valence electrons. The maximum atomic E-state index is 11.7. The van der Waals surface area contributed by atoms with E-state index >= 15 is 0 Å². The van der Waals surface area contributed by atoms with Gasteiger partial charge in [0.05, 0.1) is 0 Å². The van der Waals surface area contributed by atoms with Crippen LogP contribution in [0.1, 0.15) is 57.4 Å². The fraction of sp³-hybridized carbons (Fsp3) is 0.588. The Bertz CT molecular complexity index is 466. The summed E-state index contributed by atoms with van der Waals surface area (Å²) in [6.45, 7) is 4.55. The van der Waals surface area contributed by atoms with Crippen molar-refractivity contribution in [2.45, 2.75) is 64.0 Å². The van der Waals surface area contributed by atoms with Gasteiger partial charge >= 0.3 is 0 Å². The molecule has 2 bridgehead atoms. The summed E-state index contributed by atoms with van der Waals surface area (Å²) in [5.74, 6) is 1.05. The van der Waals surface area contributed by atoms with Gasteiger partial charge in [-0.15, -0.1) is 0 Å². The Morgan fingerprint density at radius 3 is 2.47 bits per heavy atom. The number of Topliss-reactive ketones (excluding diaryl/α,β-unsaturated/α-hetero) is 1. The summed E-state index contributed by atoms with van der Waals surface area (Å²) in [5, 5.41) is 0. The molecule has 0 N–H and O–H groups in total. The van der Waals surface area contributed by atoms with Crippen molar-refractivity contribution < 1.29 is 4.79 Å². The Morgan fingerprint density at radius 1 is 1.21 bits per heavy atom. The lowest BCUT2D eigenvalue weighted by Crippen LogP contribution is -2.43. The molecule has 3 rings (SSSR count). The lowest BCUT2D eigenvalue weighted by molar-refractivity contribution is -0.120. The smallest absolute Gasteiger partial charge is 0.137 e. The van der Waals surface area contributed by atoms with Gasteiger partial charge in [-0.05, 0) is 36.8 Å². The molecule has 19 heavy (non-hydrogen) atoms. The minimum Gasteiger partial charge on any atom is -0.364 e. The maximum absolute atomic E-state index is 11.7. The molecule has 2 nitrogen and oxygen atoms in total. The molecule has 3 unspecified atom stereocenters. The summed E-state index contributed by atoms with van der Waals surface area (Å²) in [6.07, 6.45) is 5.05. The molecule has 0 aliphatic carbocycles. The predicted octanol–water partition coefficient (Wildman–Crippen LogP) is 3.90. The van der Waals surface area contributed by atoms with E-state index < -0.39 is 0 Å². The highest BCUT2D eigenvalue weighted by atomic mass is 16.1. The third kappa shape index (κ3) is 2.18. The second-order valence-electron chi connectivity index (χ2n) is 6.11. The number of para-hydroxylation sites is 1. The third-order valence-electron chi connectivity index (χ3n) is 4.90. The minimum absolute atomic E-state index is 0.455. The summed E-state index contributed by atoms with van der Waals surface area (Å²) in [6, 6.07) is 9.70. The van der Waals surface area contributed by atoms with Crippen LogP contribution in [0.25, 0.3) is 0 Å². The van der Waals surface area contributed by atoms with Crippen molar-refractivity contribution in [1.82, 2.24) is 0 Å². The molecule has 2 heterocycles. The highest BCUT2D eigenvalue weighted by Crippen LogP contribution is 2.41. The molecule has 0 aromatic heterocycles. The van der Waals surface area contributed by atoms with Crippen LogP contribution in [0.15, 0.2) is 24.3 Å². The molecule has 0 saturated carbocycles. The zero-order valence-corrected chi connectivity index (χ0v) is 11.9. The van der Waals surface area contributed by atoms with E-state index in [1.54, 1.807) is 0 Å². The van der Waals surface area contributed by atoms with E-state index in [1.165, 1.54) is 30.5 Å². The Labute approximate surface area is 115 Å². The van der Waals surface area contributed by atoms with Crippen molar-refractivity contribution in [3.05, 3.63) is 29.8 Å². The average Bonchev–Trinajstić information content (AvgIpc) is 2.70. The molecule has 0 spiro atoms. The number of hydrogen-bond acceptors (Lipinski definition) is 2. The van der Waals surface area contributed by atoms with Gasteiger partial charge in [-0.25, -0.2) is 0 Å². The van der Waals surface area contributed by atoms with Gasteiger partial charge in [-0.2, -0.15) is 0 Å². The molecule has 2 saturated heterocycles. The Balaban J connectivity index is 1.97. The summed E-state index contributed by atoms with van der Waals surface area (Å²) in [4.78, 5) is 14.3. The second-order valence-corrected chi connectivity index (χ2v) is 6.11. The number of nitrogens with zero attached hydrogens (tertiary/aromatic N) is 1. The number of hydrogen-bond donors (Lipinski definition) is 0. The van der Waals surface area contributed by atoms with Gasteiger partial charge in [0.1, 0.15) is 5.78 Å². The van der Waals surface area contributed by atoms with Gasteiger partial charge < -0.3 is 4.90 Å². The molecule has 3 atom stereocenters. The Morgan fingerprint density at radius 2 is 1.84 bits per heavy atom. The largest absolute Gasteiger partial charge is 0.364 e. The van der Waals surface area contributed by atoms with E-state index in [4.69, 9.17) is 0 Å². The minimum atomic E-state index is 0.455. The van der Waals surface area contributed by atoms with Crippen molar-refractivity contribution in [1.29, 1.82) is 0 Å². The third-order valence-corrected chi connectivity index (χ3v) is 4.90. The van der Waals surface area contributed by atoms with Crippen LogP contribution in [-0.4, -0.2) is 17.9 Å². The van der Waals surface area contributed by atoms with Crippen LogP contribution in [-0.2, 0) is 4.79 Å². The van der Waals surface area contributed by atoms with Gasteiger partial charge in [0.2, 0.25) is 0 Å². The number of anilines is 1. The summed E-state index contributed by atoms with van der Waals surface area (Å²) in [7, 11) is 0. The van der Waals surface area contributed by atoms with Crippen LogP contribution in [0.3, 0.4) is 0 Å². The van der Waals surface area contributed by atoms with E-state index in [9.17, 15) is 4.79 Å². The van der Waals surface area contributed by atoms with Crippen molar-refractivity contribution in [2.75, 3.05) is 4.90 Å². The first kappa shape index (κ1) is 12.7. The van der Waals surface area contributed by atoms with Crippen LogP contribution in [0, 0.1) is 0 Å². The molecule has 0 amide bonds. The van der Waals surface area contributed by atoms with Crippen molar-refractivity contribution in [3.63, 3.8) is 0 Å². The standard InChI is InChI=1S/C17H23NO/c1-3-12(2)16-6-4-5-7-17(16)18-13-8-9-14(18)11-15(19)10-13/h4-7,12-14H,3,8-11H2,1-2H3. The monoisotopic (exact) mass is 257 g/mol. The Hall–Kier alpha value is -1.31. The van der Waals surface area contributed by atoms with E-state index in [0.717, 1.165) is 12.8 Å². The second kappa shape index (κ2) is 4.99. The van der Waals surface area contributed by atoms with E-state index in [2.05, 4.69) is 43.0 Å². The average molecular weight is 257 g/mol. The number of carbonyl (C=O) groups excluding carboxylic acids is 1. The number of fused-ring (bicyclic) bond motifs is 2.